The van der Waals surface area contributed by atoms with Crippen molar-refractivity contribution in [3.63, 3.8) is 0 Å². The Morgan fingerprint density at radius 1 is 1.45 bits per heavy atom. The number of sulfonamides is 1. The summed E-state index contributed by atoms with van der Waals surface area (Å²) in [5, 5.41) is 16.9. The molecule has 108 valence electrons. The molecule has 0 saturated carbocycles. The molecule has 0 saturated heterocycles. The van der Waals surface area contributed by atoms with Crippen molar-refractivity contribution in [2.24, 2.45) is 0 Å². The van der Waals surface area contributed by atoms with E-state index in [2.05, 4.69) is 10.2 Å². The largest absolute Gasteiger partial charge is 0.391 e. The maximum Gasteiger partial charge on any atom is 0.244 e. The standard InChI is InChI=1S/C11H14N4O3S2/c1-8-10(4-9(6-16)19-8)20(17,18)15-3-2-14-7-12-13-11(14)5-15/h4,7,16H,2-3,5-6H2,1H3. The fraction of sp³-hybridized carbons (Fsp3) is 0.455. The molecule has 0 spiro atoms. The fourth-order valence-electron chi connectivity index (χ4n) is 2.25. The van der Waals surface area contributed by atoms with E-state index in [0.29, 0.717) is 28.7 Å². The highest BCUT2D eigenvalue weighted by atomic mass is 32.2. The third-order valence-corrected chi connectivity index (χ3v) is 6.44. The molecule has 0 aromatic carbocycles. The quantitative estimate of drug-likeness (QED) is 0.883. The van der Waals surface area contributed by atoms with Crippen molar-refractivity contribution in [1.29, 1.82) is 0 Å². The van der Waals surface area contributed by atoms with E-state index < -0.39 is 10.0 Å². The third kappa shape index (κ3) is 2.16. The van der Waals surface area contributed by atoms with Gasteiger partial charge in [-0.15, -0.1) is 21.5 Å². The molecule has 1 aliphatic rings. The first kappa shape index (κ1) is 13.7. The Balaban J connectivity index is 1.95. The minimum atomic E-state index is -3.55. The van der Waals surface area contributed by atoms with Crippen LogP contribution in [0.25, 0.3) is 0 Å². The van der Waals surface area contributed by atoms with Gasteiger partial charge in [0.2, 0.25) is 10.0 Å². The summed E-state index contributed by atoms with van der Waals surface area (Å²) in [6, 6.07) is 1.55. The summed E-state index contributed by atoms with van der Waals surface area (Å²) in [7, 11) is -3.55. The molecule has 7 nitrogen and oxygen atoms in total. The lowest BCUT2D eigenvalue weighted by Gasteiger charge is -2.26. The predicted molar refractivity (Wildman–Crippen MR) is 72.6 cm³/mol. The van der Waals surface area contributed by atoms with Gasteiger partial charge in [-0.25, -0.2) is 8.42 Å². The van der Waals surface area contributed by atoms with Crippen LogP contribution >= 0.6 is 11.3 Å². The topological polar surface area (TPSA) is 88.3 Å². The number of aryl methyl sites for hydroxylation is 1. The van der Waals surface area contributed by atoms with E-state index in [1.165, 1.54) is 15.6 Å². The van der Waals surface area contributed by atoms with E-state index in [1.54, 1.807) is 19.3 Å². The van der Waals surface area contributed by atoms with Crippen LogP contribution in [-0.2, 0) is 29.7 Å². The lowest BCUT2D eigenvalue weighted by atomic mass is 10.4. The van der Waals surface area contributed by atoms with Crippen LogP contribution < -0.4 is 0 Å². The minimum Gasteiger partial charge on any atom is -0.391 e. The second-order valence-corrected chi connectivity index (χ2v) is 7.82. The van der Waals surface area contributed by atoms with Gasteiger partial charge in [-0.2, -0.15) is 4.31 Å². The Morgan fingerprint density at radius 3 is 2.95 bits per heavy atom. The molecule has 2 aromatic heterocycles. The third-order valence-electron chi connectivity index (χ3n) is 3.30. The van der Waals surface area contributed by atoms with Gasteiger partial charge in [-0.1, -0.05) is 0 Å². The predicted octanol–water partition coefficient (Wildman–Crippen LogP) is 0.345. The number of fused-ring (bicyclic) bond motifs is 1. The highest BCUT2D eigenvalue weighted by Crippen LogP contribution is 2.29. The smallest absolute Gasteiger partial charge is 0.244 e. The molecule has 0 fully saturated rings. The highest BCUT2D eigenvalue weighted by molar-refractivity contribution is 7.89. The Kier molecular flexibility index (Phi) is 3.36. The van der Waals surface area contributed by atoms with Crippen LogP contribution in [0.15, 0.2) is 17.3 Å². The molecular weight excluding hydrogens is 300 g/mol. The van der Waals surface area contributed by atoms with E-state index in [1.807, 2.05) is 4.57 Å². The number of aliphatic hydroxyl groups excluding tert-OH is 1. The second kappa shape index (κ2) is 4.92. The Labute approximate surface area is 120 Å². The number of hydrogen-bond donors (Lipinski definition) is 1. The average molecular weight is 314 g/mol. The van der Waals surface area contributed by atoms with Gasteiger partial charge in [0.05, 0.1) is 18.0 Å². The highest BCUT2D eigenvalue weighted by Gasteiger charge is 2.31. The molecule has 3 heterocycles. The van der Waals surface area contributed by atoms with Gasteiger partial charge in [-0.3, -0.25) is 0 Å². The maximum absolute atomic E-state index is 12.7. The molecule has 0 bridgehead atoms. The Morgan fingerprint density at radius 2 is 2.25 bits per heavy atom. The zero-order valence-electron chi connectivity index (χ0n) is 10.9. The van der Waals surface area contributed by atoms with Crippen LogP contribution in [0.4, 0.5) is 0 Å². The van der Waals surface area contributed by atoms with Gasteiger partial charge >= 0.3 is 0 Å². The van der Waals surface area contributed by atoms with Crippen molar-refractivity contribution < 1.29 is 13.5 Å². The van der Waals surface area contributed by atoms with Crippen LogP contribution in [0, 0.1) is 6.92 Å². The lowest BCUT2D eigenvalue weighted by Crippen LogP contribution is -2.38. The number of aliphatic hydroxyl groups is 1. The van der Waals surface area contributed by atoms with Gasteiger partial charge in [-0.05, 0) is 13.0 Å². The first-order valence-electron chi connectivity index (χ1n) is 6.09. The van der Waals surface area contributed by atoms with Gasteiger partial charge in [0.1, 0.15) is 12.2 Å². The summed E-state index contributed by atoms with van der Waals surface area (Å²) in [6.45, 7) is 2.79. The van der Waals surface area contributed by atoms with Gasteiger partial charge in [0.15, 0.2) is 0 Å². The number of rotatable bonds is 3. The van der Waals surface area contributed by atoms with E-state index in [-0.39, 0.29) is 18.0 Å². The number of thiophene rings is 1. The SMILES string of the molecule is Cc1sc(CO)cc1S(=O)(=O)N1CCn2cnnc2C1. The molecule has 0 radical (unpaired) electrons. The molecule has 0 unspecified atom stereocenters. The molecule has 20 heavy (non-hydrogen) atoms. The van der Waals surface area contributed by atoms with E-state index in [9.17, 15) is 8.42 Å². The molecule has 1 N–H and O–H groups in total. The summed E-state index contributed by atoms with van der Waals surface area (Å²) in [5.41, 5.74) is 0. The summed E-state index contributed by atoms with van der Waals surface area (Å²) < 4.78 is 28.6. The van der Waals surface area contributed by atoms with Crippen LogP contribution in [0.2, 0.25) is 0 Å². The van der Waals surface area contributed by atoms with Crippen LogP contribution in [-0.4, -0.2) is 39.1 Å². The van der Waals surface area contributed by atoms with Crippen molar-refractivity contribution in [2.45, 2.75) is 31.5 Å². The van der Waals surface area contributed by atoms with Crippen LogP contribution in [0.1, 0.15) is 15.6 Å². The van der Waals surface area contributed by atoms with E-state index in [4.69, 9.17) is 5.11 Å². The molecule has 0 amide bonds. The zero-order chi connectivity index (χ0) is 14.3. The van der Waals surface area contributed by atoms with Crippen molar-refractivity contribution in [3.05, 3.63) is 28.0 Å². The summed E-state index contributed by atoms with van der Waals surface area (Å²) in [4.78, 5) is 1.63. The average Bonchev–Trinajstić information content (AvgIpc) is 3.03. The maximum atomic E-state index is 12.7. The lowest BCUT2D eigenvalue weighted by molar-refractivity contribution is 0.285. The van der Waals surface area contributed by atoms with Gasteiger partial charge in [0, 0.05) is 22.8 Å². The molecule has 9 heteroatoms. The van der Waals surface area contributed by atoms with Crippen LogP contribution in [0.5, 0.6) is 0 Å². The first-order valence-corrected chi connectivity index (χ1v) is 8.35. The monoisotopic (exact) mass is 314 g/mol. The van der Waals surface area contributed by atoms with Crippen molar-refractivity contribution in [1.82, 2.24) is 19.1 Å². The number of aromatic nitrogens is 3. The fourth-order valence-corrected chi connectivity index (χ4v) is 5.10. The Bertz CT molecular complexity index is 735. The van der Waals surface area contributed by atoms with Crippen molar-refractivity contribution in [2.75, 3.05) is 6.54 Å². The van der Waals surface area contributed by atoms with Gasteiger partial charge < -0.3 is 9.67 Å². The van der Waals surface area contributed by atoms with Crippen molar-refractivity contribution >= 4 is 21.4 Å². The molecular formula is C11H14N4O3S2. The zero-order valence-corrected chi connectivity index (χ0v) is 12.5. The van der Waals surface area contributed by atoms with Gasteiger partial charge in [0.25, 0.3) is 0 Å². The van der Waals surface area contributed by atoms with Crippen LogP contribution in [0.3, 0.4) is 0 Å². The van der Waals surface area contributed by atoms with Crippen molar-refractivity contribution in [3.8, 4) is 0 Å². The van der Waals surface area contributed by atoms with E-state index in [0.717, 1.165) is 0 Å². The molecule has 2 aromatic rings. The number of nitrogens with zero attached hydrogens (tertiary/aromatic N) is 4. The first-order chi connectivity index (χ1) is 9.52. The number of hydrogen-bond acceptors (Lipinski definition) is 6. The Hall–Kier alpha value is -1.29. The molecule has 0 aliphatic carbocycles. The molecule has 1 aliphatic heterocycles. The summed E-state index contributed by atoms with van der Waals surface area (Å²) >= 11 is 1.30. The second-order valence-electron chi connectivity index (χ2n) is 4.57. The summed E-state index contributed by atoms with van der Waals surface area (Å²) in [5.74, 6) is 0.648. The molecule has 0 atom stereocenters. The summed E-state index contributed by atoms with van der Waals surface area (Å²) in [6.07, 6.45) is 1.61. The normalized spacial score (nSPS) is 16.3. The van der Waals surface area contributed by atoms with E-state index >= 15 is 0 Å². The minimum absolute atomic E-state index is 0.143. The molecule has 3 rings (SSSR count).